The predicted octanol–water partition coefficient (Wildman–Crippen LogP) is 3.89. The van der Waals surface area contributed by atoms with Gasteiger partial charge in [0.05, 0.1) is 0 Å². The van der Waals surface area contributed by atoms with Crippen molar-refractivity contribution in [2.75, 3.05) is 7.05 Å². The smallest absolute Gasteiger partial charge is 0.134 e. The van der Waals surface area contributed by atoms with Crippen molar-refractivity contribution in [3.63, 3.8) is 0 Å². The molecule has 0 amide bonds. The molecular formula is C17H22N2O. The fourth-order valence-corrected chi connectivity index (χ4v) is 1.99. The number of ether oxygens (including phenoxy) is 1. The summed E-state index contributed by atoms with van der Waals surface area (Å²) in [7, 11) is 1.91. The van der Waals surface area contributed by atoms with Crippen LogP contribution in [-0.4, -0.2) is 12.0 Å². The summed E-state index contributed by atoms with van der Waals surface area (Å²) in [5, 5.41) is 3.12. The SMILES string of the molecule is CNCc1cnccc1Oc1ccc(C(C)(C)C)cc1. The number of benzene rings is 1. The molecule has 0 atom stereocenters. The maximum absolute atomic E-state index is 5.95. The van der Waals surface area contributed by atoms with Crippen LogP contribution in [0, 0.1) is 0 Å². The molecule has 0 bridgehead atoms. The molecule has 0 radical (unpaired) electrons. The Hall–Kier alpha value is -1.87. The van der Waals surface area contributed by atoms with Crippen LogP contribution in [0.4, 0.5) is 0 Å². The largest absolute Gasteiger partial charge is 0.457 e. The van der Waals surface area contributed by atoms with Crippen LogP contribution in [0.2, 0.25) is 0 Å². The van der Waals surface area contributed by atoms with Gasteiger partial charge in [0, 0.05) is 24.5 Å². The van der Waals surface area contributed by atoms with Crippen molar-refractivity contribution in [3.8, 4) is 11.5 Å². The molecule has 0 saturated heterocycles. The summed E-state index contributed by atoms with van der Waals surface area (Å²) in [4.78, 5) is 4.13. The van der Waals surface area contributed by atoms with Crippen molar-refractivity contribution in [2.24, 2.45) is 0 Å². The molecule has 0 aliphatic carbocycles. The van der Waals surface area contributed by atoms with E-state index in [1.807, 2.05) is 31.4 Å². The number of hydrogen-bond acceptors (Lipinski definition) is 3. The topological polar surface area (TPSA) is 34.2 Å². The van der Waals surface area contributed by atoms with Crippen LogP contribution < -0.4 is 10.1 Å². The normalized spacial score (nSPS) is 11.4. The lowest BCUT2D eigenvalue weighted by Gasteiger charge is -2.19. The molecule has 20 heavy (non-hydrogen) atoms. The minimum Gasteiger partial charge on any atom is -0.457 e. The Morgan fingerprint density at radius 1 is 1.10 bits per heavy atom. The summed E-state index contributed by atoms with van der Waals surface area (Å²) in [5.74, 6) is 1.69. The molecule has 2 aromatic rings. The van der Waals surface area contributed by atoms with Gasteiger partial charge in [0.15, 0.2) is 0 Å². The Labute approximate surface area is 121 Å². The molecule has 0 saturated carbocycles. The van der Waals surface area contributed by atoms with Crippen LogP contribution in [0.3, 0.4) is 0 Å². The van der Waals surface area contributed by atoms with Gasteiger partial charge in [0.2, 0.25) is 0 Å². The van der Waals surface area contributed by atoms with E-state index < -0.39 is 0 Å². The lowest BCUT2D eigenvalue weighted by atomic mass is 9.87. The Morgan fingerprint density at radius 3 is 2.40 bits per heavy atom. The number of aromatic nitrogens is 1. The lowest BCUT2D eigenvalue weighted by Crippen LogP contribution is -2.10. The Bertz CT molecular complexity index is 556. The Balaban J connectivity index is 2.18. The van der Waals surface area contributed by atoms with Crippen LogP contribution >= 0.6 is 0 Å². The highest BCUT2D eigenvalue weighted by molar-refractivity contribution is 5.37. The van der Waals surface area contributed by atoms with Gasteiger partial charge in [-0.1, -0.05) is 32.9 Å². The van der Waals surface area contributed by atoms with Gasteiger partial charge in [0.1, 0.15) is 11.5 Å². The first-order valence-electron chi connectivity index (χ1n) is 6.86. The third-order valence-corrected chi connectivity index (χ3v) is 3.17. The standard InChI is InChI=1S/C17H22N2O/c1-17(2,3)14-5-7-15(8-6-14)20-16-9-10-19-12-13(16)11-18-4/h5-10,12,18H,11H2,1-4H3. The molecule has 1 N–H and O–H groups in total. The van der Waals surface area contributed by atoms with Crippen LogP contribution in [0.5, 0.6) is 11.5 Å². The summed E-state index contributed by atoms with van der Waals surface area (Å²) in [6.45, 7) is 7.35. The average molecular weight is 270 g/mol. The minimum absolute atomic E-state index is 0.159. The molecule has 0 aliphatic heterocycles. The maximum Gasteiger partial charge on any atom is 0.134 e. The number of rotatable bonds is 4. The molecule has 3 nitrogen and oxygen atoms in total. The van der Waals surface area contributed by atoms with Crippen LogP contribution in [-0.2, 0) is 12.0 Å². The molecule has 0 unspecified atom stereocenters. The molecule has 0 fully saturated rings. The Kier molecular flexibility index (Phi) is 4.40. The van der Waals surface area contributed by atoms with Gasteiger partial charge in [0.25, 0.3) is 0 Å². The molecule has 0 spiro atoms. The van der Waals surface area contributed by atoms with Crippen molar-refractivity contribution in [1.29, 1.82) is 0 Å². The molecule has 106 valence electrons. The summed E-state index contributed by atoms with van der Waals surface area (Å²) in [6.07, 6.45) is 3.58. The van der Waals surface area contributed by atoms with Gasteiger partial charge in [-0.15, -0.1) is 0 Å². The van der Waals surface area contributed by atoms with E-state index in [1.165, 1.54) is 5.56 Å². The van der Waals surface area contributed by atoms with E-state index in [1.54, 1.807) is 6.20 Å². The molecule has 0 aliphatic rings. The van der Waals surface area contributed by atoms with Gasteiger partial charge in [-0.2, -0.15) is 0 Å². The van der Waals surface area contributed by atoms with Gasteiger partial charge in [-0.3, -0.25) is 4.98 Å². The van der Waals surface area contributed by atoms with Gasteiger partial charge in [-0.25, -0.2) is 0 Å². The fraction of sp³-hybridized carbons (Fsp3) is 0.353. The third kappa shape index (κ3) is 3.58. The second-order valence-corrected chi connectivity index (χ2v) is 5.89. The minimum atomic E-state index is 0.159. The quantitative estimate of drug-likeness (QED) is 0.915. The van der Waals surface area contributed by atoms with Crippen molar-refractivity contribution in [3.05, 3.63) is 53.9 Å². The zero-order valence-electron chi connectivity index (χ0n) is 12.6. The molecule has 1 heterocycles. The van der Waals surface area contributed by atoms with Crippen LogP contribution in [0.25, 0.3) is 0 Å². The van der Waals surface area contributed by atoms with E-state index in [9.17, 15) is 0 Å². The highest BCUT2D eigenvalue weighted by Crippen LogP contribution is 2.28. The zero-order valence-corrected chi connectivity index (χ0v) is 12.6. The van der Waals surface area contributed by atoms with Crippen LogP contribution in [0.1, 0.15) is 31.9 Å². The summed E-state index contributed by atoms with van der Waals surface area (Å²) in [6, 6.07) is 10.2. The van der Waals surface area contributed by atoms with E-state index in [0.717, 1.165) is 23.6 Å². The first-order chi connectivity index (χ1) is 9.50. The van der Waals surface area contributed by atoms with E-state index in [-0.39, 0.29) is 5.41 Å². The van der Waals surface area contributed by atoms with Crippen molar-refractivity contribution >= 4 is 0 Å². The average Bonchev–Trinajstić information content (AvgIpc) is 2.41. The zero-order chi connectivity index (χ0) is 14.6. The second kappa shape index (κ2) is 6.06. The highest BCUT2D eigenvalue weighted by Gasteiger charge is 2.13. The number of hydrogen-bond donors (Lipinski definition) is 1. The highest BCUT2D eigenvalue weighted by atomic mass is 16.5. The number of nitrogens with zero attached hydrogens (tertiary/aromatic N) is 1. The monoisotopic (exact) mass is 270 g/mol. The molecular weight excluding hydrogens is 248 g/mol. The third-order valence-electron chi connectivity index (χ3n) is 3.17. The number of nitrogens with one attached hydrogen (secondary N) is 1. The number of pyridine rings is 1. The van der Waals surface area contributed by atoms with Gasteiger partial charge >= 0.3 is 0 Å². The van der Waals surface area contributed by atoms with Crippen molar-refractivity contribution < 1.29 is 4.74 Å². The van der Waals surface area contributed by atoms with Gasteiger partial charge in [-0.05, 0) is 36.2 Å². The molecule has 1 aromatic carbocycles. The van der Waals surface area contributed by atoms with Crippen molar-refractivity contribution in [1.82, 2.24) is 10.3 Å². The lowest BCUT2D eigenvalue weighted by molar-refractivity contribution is 0.472. The second-order valence-electron chi connectivity index (χ2n) is 5.89. The van der Waals surface area contributed by atoms with Crippen LogP contribution in [0.15, 0.2) is 42.7 Å². The summed E-state index contributed by atoms with van der Waals surface area (Å²) >= 11 is 0. The van der Waals surface area contributed by atoms with Gasteiger partial charge < -0.3 is 10.1 Å². The van der Waals surface area contributed by atoms with E-state index >= 15 is 0 Å². The summed E-state index contributed by atoms with van der Waals surface area (Å²) in [5.41, 5.74) is 2.51. The van der Waals surface area contributed by atoms with Crippen molar-refractivity contribution in [2.45, 2.75) is 32.7 Å². The maximum atomic E-state index is 5.95. The molecule has 3 heteroatoms. The fourth-order valence-electron chi connectivity index (χ4n) is 1.99. The predicted molar refractivity (Wildman–Crippen MR) is 82.2 cm³/mol. The molecule has 2 rings (SSSR count). The van der Waals surface area contributed by atoms with E-state index in [4.69, 9.17) is 4.74 Å². The first kappa shape index (κ1) is 14.5. The molecule has 1 aromatic heterocycles. The first-order valence-corrected chi connectivity index (χ1v) is 6.86. The van der Waals surface area contributed by atoms with E-state index in [2.05, 4.69) is 43.2 Å². The Morgan fingerprint density at radius 2 is 1.80 bits per heavy atom. The van der Waals surface area contributed by atoms with E-state index in [0.29, 0.717) is 0 Å². The summed E-state index contributed by atoms with van der Waals surface area (Å²) < 4.78 is 5.95.